The van der Waals surface area contributed by atoms with E-state index < -0.39 is 0 Å². The van der Waals surface area contributed by atoms with Gasteiger partial charge >= 0.3 is 0 Å². The summed E-state index contributed by atoms with van der Waals surface area (Å²) in [5, 5.41) is 6.52. The molecule has 0 aliphatic rings. The molecular formula is C16H27N3O2. The van der Waals surface area contributed by atoms with Crippen molar-refractivity contribution in [3.8, 4) is 0 Å². The molecule has 0 aliphatic carbocycles. The lowest BCUT2D eigenvalue weighted by Gasteiger charge is -2.25. The van der Waals surface area contributed by atoms with Crippen LogP contribution in [0.3, 0.4) is 0 Å². The maximum Gasteiger partial charge on any atom is 0.191 e. The molecule has 118 valence electrons. The molecule has 2 N–H and O–H groups in total. The van der Waals surface area contributed by atoms with Crippen LogP contribution < -0.4 is 10.6 Å². The Morgan fingerprint density at radius 1 is 1.19 bits per heavy atom. The molecule has 0 heterocycles. The maximum atomic E-state index is 5.53. The predicted octanol–water partition coefficient (Wildman–Crippen LogP) is 1.96. The van der Waals surface area contributed by atoms with Crippen molar-refractivity contribution in [2.24, 2.45) is 4.99 Å². The minimum absolute atomic E-state index is 0.0137. The molecule has 1 unspecified atom stereocenters. The average Bonchev–Trinajstić information content (AvgIpc) is 2.52. The van der Waals surface area contributed by atoms with Gasteiger partial charge in [0.15, 0.2) is 5.96 Å². The highest BCUT2D eigenvalue weighted by molar-refractivity contribution is 5.79. The molecular weight excluding hydrogens is 266 g/mol. The lowest BCUT2D eigenvalue weighted by Crippen LogP contribution is -2.46. The van der Waals surface area contributed by atoms with Crippen molar-refractivity contribution in [2.75, 3.05) is 34.4 Å². The van der Waals surface area contributed by atoms with E-state index in [2.05, 4.69) is 27.8 Å². The van der Waals surface area contributed by atoms with Gasteiger partial charge in [0.25, 0.3) is 0 Å². The van der Waals surface area contributed by atoms with Crippen molar-refractivity contribution in [3.63, 3.8) is 0 Å². The van der Waals surface area contributed by atoms with Crippen LogP contribution in [-0.2, 0) is 9.47 Å². The maximum absolute atomic E-state index is 5.53. The third-order valence-electron chi connectivity index (χ3n) is 3.37. The summed E-state index contributed by atoms with van der Waals surface area (Å²) in [7, 11) is 5.16. The van der Waals surface area contributed by atoms with Gasteiger partial charge in [0.2, 0.25) is 0 Å². The first-order chi connectivity index (χ1) is 10.0. The van der Waals surface area contributed by atoms with Gasteiger partial charge in [-0.1, -0.05) is 30.3 Å². The zero-order valence-electron chi connectivity index (χ0n) is 13.6. The molecule has 1 aromatic carbocycles. The van der Waals surface area contributed by atoms with Gasteiger partial charge in [-0.05, 0) is 19.4 Å². The minimum Gasteiger partial charge on any atom is -0.377 e. The third kappa shape index (κ3) is 6.14. The second kappa shape index (κ2) is 8.64. The van der Waals surface area contributed by atoms with Gasteiger partial charge in [-0.15, -0.1) is 0 Å². The van der Waals surface area contributed by atoms with Crippen LogP contribution in [0.1, 0.15) is 25.5 Å². The summed E-state index contributed by atoms with van der Waals surface area (Å²) in [4.78, 5) is 4.21. The Hall–Kier alpha value is -1.59. The number of aliphatic imine (C=N–C) groups is 1. The first-order valence-corrected chi connectivity index (χ1v) is 7.10. The number of rotatable bonds is 7. The topological polar surface area (TPSA) is 54.9 Å². The molecule has 1 atom stereocenters. The molecule has 0 saturated carbocycles. The molecule has 0 fully saturated rings. The van der Waals surface area contributed by atoms with E-state index in [1.165, 1.54) is 0 Å². The molecule has 0 aliphatic heterocycles. The molecule has 0 saturated heterocycles. The summed E-state index contributed by atoms with van der Waals surface area (Å²) >= 11 is 0. The fourth-order valence-electron chi connectivity index (χ4n) is 1.78. The fourth-order valence-corrected chi connectivity index (χ4v) is 1.78. The van der Waals surface area contributed by atoms with Crippen molar-refractivity contribution in [3.05, 3.63) is 35.9 Å². The highest BCUT2D eigenvalue weighted by atomic mass is 16.5. The fraction of sp³-hybridized carbons (Fsp3) is 0.562. The molecule has 0 aromatic heterocycles. The van der Waals surface area contributed by atoms with Crippen LogP contribution in [-0.4, -0.2) is 45.9 Å². The number of nitrogens with one attached hydrogen (secondary N) is 2. The van der Waals surface area contributed by atoms with Gasteiger partial charge in [0, 0.05) is 34.4 Å². The molecule has 21 heavy (non-hydrogen) atoms. The number of nitrogens with zero attached hydrogens (tertiary/aromatic N) is 1. The summed E-state index contributed by atoms with van der Waals surface area (Å²) in [6, 6.07) is 10.1. The van der Waals surface area contributed by atoms with E-state index in [1.807, 2.05) is 32.0 Å². The summed E-state index contributed by atoms with van der Waals surface area (Å²) in [6.07, 6.45) is -0.0137. The number of guanidine groups is 1. The van der Waals surface area contributed by atoms with Crippen molar-refractivity contribution < 1.29 is 9.47 Å². The van der Waals surface area contributed by atoms with E-state index in [0.29, 0.717) is 13.1 Å². The second-order valence-corrected chi connectivity index (χ2v) is 5.41. The van der Waals surface area contributed by atoms with Crippen LogP contribution >= 0.6 is 0 Å². The van der Waals surface area contributed by atoms with E-state index >= 15 is 0 Å². The zero-order chi connectivity index (χ0) is 15.7. The van der Waals surface area contributed by atoms with Gasteiger partial charge in [0.1, 0.15) is 0 Å². The third-order valence-corrected chi connectivity index (χ3v) is 3.37. The van der Waals surface area contributed by atoms with Gasteiger partial charge in [-0.25, -0.2) is 0 Å². The number of benzene rings is 1. The molecule has 0 spiro atoms. The molecule has 0 amide bonds. The Kier molecular flexibility index (Phi) is 7.19. The van der Waals surface area contributed by atoms with Crippen LogP contribution in [0, 0.1) is 0 Å². The number of hydrogen-bond acceptors (Lipinski definition) is 3. The number of hydrogen-bond donors (Lipinski definition) is 2. The standard InChI is InChI=1S/C16H27N3O2/c1-16(2,21-5)12-19-15(17-3)18-11-14(20-4)13-9-7-6-8-10-13/h6-10,14H,11-12H2,1-5H3,(H2,17,18,19). The predicted molar refractivity (Wildman–Crippen MR) is 86.6 cm³/mol. The summed E-state index contributed by atoms with van der Waals surface area (Å²) < 4.78 is 10.9. The Balaban J connectivity index is 2.51. The minimum atomic E-state index is -0.238. The van der Waals surface area contributed by atoms with Gasteiger partial charge in [-0.2, -0.15) is 0 Å². The van der Waals surface area contributed by atoms with Gasteiger partial charge in [-0.3, -0.25) is 4.99 Å². The van der Waals surface area contributed by atoms with Crippen molar-refractivity contribution in [1.29, 1.82) is 0 Å². The largest absolute Gasteiger partial charge is 0.377 e. The lowest BCUT2D eigenvalue weighted by molar-refractivity contribution is 0.0267. The first kappa shape index (κ1) is 17.5. The lowest BCUT2D eigenvalue weighted by atomic mass is 10.1. The zero-order valence-corrected chi connectivity index (χ0v) is 13.6. The summed E-state index contributed by atoms with van der Waals surface area (Å²) in [5.74, 6) is 0.734. The Morgan fingerprint density at radius 2 is 1.86 bits per heavy atom. The summed E-state index contributed by atoms with van der Waals surface area (Å²) in [5.41, 5.74) is 0.901. The van der Waals surface area contributed by atoms with Crippen molar-refractivity contribution in [1.82, 2.24) is 10.6 Å². The normalized spacial score (nSPS) is 13.9. The molecule has 5 nitrogen and oxygen atoms in total. The second-order valence-electron chi connectivity index (χ2n) is 5.41. The Labute approximate surface area is 127 Å². The quantitative estimate of drug-likeness (QED) is 0.596. The van der Waals surface area contributed by atoms with Crippen LogP contribution in [0.4, 0.5) is 0 Å². The van der Waals surface area contributed by atoms with Crippen molar-refractivity contribution in [2.45, 2.75) is 25.6 Å². The molecule has 0 radical (unpaired) electrons. The van der Waals surface area contributed by atoms with Crippen LogP contribution in [0.5, 0.6) is 0 Å². The molecule has 1 rings (SSSR count). The monoisotopic (exact) mass is 293 g/mol. The van der Waals surface area contributed by atoms with Crippen LogP contribution in [0.2, 0.25) is 0 Å². The van der Waals surface area contributed by atoms with E-state index in [0.717, 1.165) is 11.5 Å². The van der Waals surface area contributed by atoms with E-state index in [9.17, 15) is 0 Å². The molecule has 5 heteroatoms. The van der Waals surface area contributed by atoms with Crippen LogP contribution in [0.25, 0.3) is 0 Å². The Bertz CT molecular complexity index is 432. The number of ether oxygens (including phenoxy) is 2. The highest BCUT2D eigenvalue weighted by Crippen LogP contribution is 2.14. The highest BCUT2D eigenvalue weighted by Gasteiger charge is 2.17. The molecule has 0 bridgehead atoms. The summed E-state index contributed by atoms with van der Waals surface area (Å²) in [6.45, 7) is 5.37. The first-order valence-electron chi connectivity index (χ1n) is 7.10. The molecule has 1 aromatic rings. The number of methoxy groups -OCH3 is 2. The van der Waals surface area contributed by atoms with Gasteiger partial charge in [0.05, 0.1) is 11.7 Å². The van der Waals surface area contributed by atoms with Crippen LogP contribution in [0.15, 0.2) is 35.3 Å². The van der Waals surface area contributed by atoms with E-state index in [-0.39, 0.29) is 11.7 Å². The van der Waals surface area contributed by atoms with Crippen molar-refractivity contribution >= 4 is 5.96 Å². The SMILES string of the molecule is CN=C(NCC(OC)c1ccccc1)NCC(C)(C)OC. The average molecular weight is 293 g/mol. The van der Waals surface area contributed by atoms with Gasteiger partial charge < -0.3 is 20.1 Å². The smallest absolute Gasteiger partial charge is 0.191 e. The van der Waals surface area contributed by atoms with E-state index in [4.69, 9.17) is 9.47 Å². The van der Waals surface area contributed by atoms with E-state index in [1.54, 1.807) is 21.3 Å². The Morgan fingerprint density at radius 3 is 2.38 bits per heavy atom.